The summed E-state index contributed by atoms with van der Waals surface area (Å²) < 4.78 is 5.93. The normalized spacial score (nSPS) is 17.0. The number of hydrogen-bond donors (Lipinski definition) is 1. The number of fused-ring (bicyclic) bond motifs is 1. The Morgan fingerprint density at radius 2 is 1.80 bits per heavy atom. The van der Waals surface area contributed by atoms with E-state index in [0.29, 0.717) is 6.54 Å². The smallest absolute Gasteiger partial charge is 0.260 e. The average Bonchev–Trinajstić information content (AvgIpc) is 2.91. The lowest BCUT2D eigenvalue weighted by Crippen LogP contribution is -2.41. The van der Waals surface area contributed by atoms with Crippen molar-refractivity contribution < 1.29 is 9.53 Å². The van der Waals surface area contributed by atoms with Gasteiger partial charge in [0.1, 0.15) is 5.75 Å². The van der Waals surface area contributed by atoms with E-state index < -0.39 is 6.10 Å². The predicted molar refractivity (Wildman–Crippen MR) is 102 cm³/mol. The number of ether oxygens (including phenoxy) is 1. The molecule has 1 aliphatic rings. The largest absolute Gasteiger partial charge is 0.480 e. The Balaban J connectivity index is 1.50. The highest BCUT2D eigenvalue weighted by Crippen LogP contribution is 2.26. The van der Waals surface area contributed by atoms with Crippen LogP contribution in [0.25, 0.3) is 10.8 Å². The SMILES string of the molecule is CC(Oc1cccc2ccccc12)C(=O)NCCN1CCCCCC1. The van der Waals surface area contributed by atoms with Gasteiger partial charge in [0.25, 0.3) is 5.91 Å². The zero-order valence-electron chi connectivity index (χ0n) is 15.0. The van der Waals surface area contributed by atoms with Crippen LogP contribution in [-0.2, 0) is 4.79 Å². The number of rotatable bonds is 6. The molecule has 25 heavy (non-hydrogen) atoms. The Labute approximate surface area is 150 Å². The second kappa shape index (κ2) is 8.86. The minimum atomic E-state index is -0.505. The molecule has 0 spiro atoms. The van der Waals surface area contributed by atoms with Crippen molar-refractivity contribution in [3.8, 4) is 5.75 Å². The monoisotopic (exact) mass is 340 g/mol. The van der Waals surface area contributed by atoms with Crippen molar-refractivity contribution in [2.75, 3.05) is 26.2 Å². The topological polar surface area (TPSA) is 41.6 Å². The van der Waals surface area contributed by atoms with E-state index >= 15 is 0 Å². The number of amides is 1. The van der Waals surface area contributed by atoms with E-state index in [9.17, 15) is 4.79 Å². The molecule has 3 rings (SSSR count). The van der Waals surface area contributed by atoms with Crippen molar-refractivity contribution in [3.63, 3.8) is 0 Å². The maximum Gasteiger partial charge on any atom is 0.260 e. The summed E-state index contributed by atoms with van der Waals surface area (Å²) in [6, 6.07) is 14.0. The third-order valence-electron chi connectivity index (χ3n) is 4.85. The molecule has 1 aliphatic heterocycles. The van der Waals surface area contributed by atoms with Crippen molar-refractivity contribution in [3.05, 3.63) is 42.5 Å². The third kappa shape index (κ3) is 4.95. The molecule has 0 aromatic heterocycles. The molecule has 0 aliphatic carbocycles. The summed E-state index contributed by atoms with van der Waals surface area (Å²) in [5, 5.41) is 5.17. The van der Waals surface area contributed by atoms with Crippen LogP contribution in [0.2, 0.25) is 0 Å². The van der Waals surface area contributed by atoms with E-state index in [1.807, 2.05) is 49.4 Å². The fourth-order valence-electron chi connectivity index (χ4n) is 3.38. The molecule has 1 atom stereocenters. The molecular weight excluding hydrogens is 312 g/mol. The molecule has 134 valence electrons. The van der Waals surface area contributed by atoms with Gasteiger partial charge in [0.05, 0.1) is 0 Å². The van der Waals surface area contributed by atoms with Gasteiger partial charge in [-0.2, -0.15) is 0 Å². The van der Waals surface area contributed by atoms with Crippen LogP contribution >= 0.6 is 0 Å². The number of likely N-dealkylation sites (tertiary alicyclic amines) is 1. The van der Waals surface area contributed by atoms with Gasteiger partial charge in [-0.25, -0.2) is 0 Å². The summed E-state index contributed by atoms with van der Waals surface area (Å²) in [6.45, 7) is 5.72. The molecule has 4 nitrogen and oxygen atoms in total. The van der Waals surface area contributed by atoms with Gasteiger partial charge in [-0.3, -0.25) is 4.79 Å². The molecule has 0 saturated carbocycles. The Hall–Kier alpha value is -2.07. The first kappa shape index (κ1) is 17.7. The Kier molecular flexibility index (Phi) is 6.29. The number of carbonyl (C=O) groups is 1. The summed E-state index contributed by atoms with van der Waals surface area (Å²) in [7, 11) is 0. The highest BCUT2D eigenvalue weighted by Gasteiger charge is 2.16. The van der Waals surface area contributed by atoms with E-state index in [1.54, 1.807) is 0 Å². The van der Waals surface area contributed by atoms with E-state index in [-0.39, 0.29) is 5.91 Å². The first-order valence-electron chi connectivity index (χ1n) is 9.38. The molecule has 1 fully saturated rings. The molecule has 1 N–H and O–H groups in total. The number of nitrogens with zero attached hydrogens (tertiary/aromatic N) is 1. The number of carbonyl (C=O) groups excluding carboxylic acids is 1. The quantitative estimate of drug-likeness (QED) is 0.873. The van der Waals surface area contributed by atoms with Crippen LogP contribution in [0.5, 0.6) is 5.75 Å². The Morgan fingerprint density at radius 3 is 2.60 bits per heavy atom. The van der Waals surface area contributed by atoms with Crippen molar-refractivity contribution in [1.29, 1.82) is 0 Å². The van der Waals surface area contributed by atoms with Gasteiger partial charge in [-0.05, 0) is 44.3 Å². The van der Waals surface area contributed by atoms with Crippen LogP contribution in [-0.4, -0.2) is 43.1 Å². The third-order valence-corrected chi connectivity index (χ3v) is 4.85. The van der Waals surface area contributed by atoms with Crippen LogP contribution < -0.4 is 10.1 Å². The summed E-state index contributed by atoms with van der Waals surface area (Å²) in [5.41, 5.74) is 0. The van der Waals surface area contributed by atoms with Crippen LogP contribution in [0.15, 0.2) is 42.5 Å². The minimum Gasteiger partial charge on any atom is -0.480 e. The Morgan fingerprint density at radius 1 is 1.08 bits per heavy atom. The first-order valence-corrected chi connectivity index (χ1v) is 9.38. The molecule has 0 bridgehead atoms. The van der Waals surface area contributed by atoms with Crippen molar-refractivity contribution in [2.45, 2.75) is 38.7 Å². The van der Waals surface area contributed by atoms with Gasteiger partial charge in [0.15, 0.2) is 6.10 Å². The second-order valence-corrected chi connectivity index (χ2v) is 6.78. The van der Waals surface area contributed by atoms with Crippen LogP contribution in [0, 0.1) is 0 Å². The van der Waals surface area contributed by atoms with Gasteiger partial charge >= 0.3 is 0 Å². The number of benzene rings is 2. The lowest BCUT2D eigenvalue weighted by molar-refractivity contribution is -0.127. The molecule has 2 aromatic carbocycles. The van der Waals surface area contributed by atoms with Gasteiger partial charge in [-0.1, -0.05) is 49.2 Å². The van der Waals surface area contributed by atoms with Gasteiger partial charge in [0.2, 0.25) is 0 Å². The highest BCUT2D eigenvalue weighted by molar-refractivity contribution is 5.89. The van der Waals surface area contributed by atoms with Crippen LogP contribution in [0.4, 0.5) is 0 Å². The lowest BCUT2D eigenvalue weighted by atomic mass is 10.1. The molecular formula is C21H28N2O2. The summed E-state index contributed by atoms with van der Waals surface area (Å²) in [6.07, 6.45) is 4.70. The van der Waals surface area contributed by atoms with Crippen molar-refractivity contribution >= 4 is 16.7 Å². The van der Waals surface area contributed by atoms with Gasteiger partial charge in [-0.15, -0.1) is 0 Å². The fourth-order valence-corrected chi connectivity index (χ4v) is 3.38. The summed E-state index contributed by atoms with van der Waals surface area (Å²) in [5.74, 6) is 0.705. The summed E-state index contributed by atoms with van der Waals surface area (Å²) in [4.78, 5) is 14.8. The maximum atomic E-state index is 12.3. The van der Waals surface area contributed by atoms with Crippen molar-refractivity contribution in [2.24, 2.45) is 0 Å². The van der Waals surface area contributed by atoms with E-state index in [0.717, 1.165) is 36.2 Å². The maximum absolute atomic E-state index is 12.3. The van der Waals surface area contributed by atoms with Crippen LogP contribution in [0.1, 0.15) is 32.6 Å². The molecule has 1 amide bonds. The molecule has 0 radical (unpaired) electrons. The fraction of sp³-hybridized carbons (Fsp3) is 0.476. The lowest BCUT2D eigenvalue weighted by Gasteiger charge is -2.21. The Bertz CT molecular complexity index is 688. The minimum absolute atomic E-state index is 0.0530. The zero-order valence-corrected chi connectivity index (χ0v) is 15.0. The molecule has 1 saturated heterocycles. The van der Waals surface area contributed by atoms with Gasteiger partial charge in [0, 0.05) is 18.5 Å². The molecule has 1 unspecified atom stereocenters. The predicted octanol–water partition coefficient (Wildman–Crippen LogP) is 3.60. The molecule has 4 heteroatoms. The highest BCUT2D eigenvalue weighted by atomic mass is 16.5. The van der Waals surface area contributed by atoms with Gasteiger partial charge < -0.3 is 15.0 Å². The van der Waals surface area contributed by atoms with E-state index in [1.165, 1.54) is 25.7 Å². The average molecular weight is 340 g/mol. The zero-order chi connectivity index (χ0) is 17.5. The van der Waals surface area contributed by atoms with Crippen LogP contribution in [0.3, 0.4) is 0 Å². The molecule has 1 heterocycles. The van der Waals surface area contributed by atoms with E-state index in [4.69, 9.17) is 4.74 Å². The van der Waals surface area contributed by atoms with E-state index in [2.05, 4.69) is 10.2 Å². The number of nitrogens with one attached hydrogen (secondary N) is 1. The second-order valence-electron chi connectivity index (χ2n) is 6.78. The summed E-state index contributed by atoms with van der Waals surface area (Å²) >= 11 is 0. The number of hydrogen-bond acceptors (Lipinski definition) is 3. The first-order chi connectivity index (χ1) is 12.2. The van der Waals surface area contributed by atoms with Crippen molar-refractivity contribution in [1.82, 2.24) is 10.2 Å². The standard InChI is InChI=1S/C21H28N2O2/c1-17(21(24)22-13-16-23-14-6-2-3-7-15-23)25-20-12-8-10-18-9-4-5-11-19(18)20/h4-5,8-12,17H,2-3,6-7,13-16H2,1H3,(H,22,24). The molecule has 2 aromatic rings.